The van der Waals surface area contributed by atoms with E-state index in [1.807, 2.05) is 18.7 Å². The van der Waals surface area contributed by atoms with Crippen LogP contribution in [-0.2, 0) is 0 Å². The third-order valence-electron chi connectivity index (χ3n) is 2.77. The summed E-state index contributed by atoms with van der Waals surface area (Å²) >= 11 is 1.87. The summed E-state index contributed by atoms with van der Waals surface area (Å²) in [5.74, 6) is 2.45. The highest BCUT2D eigenvalue weighted by molar-refractivity contribution is 7.99. The number of hydrogen-bond acceptors (Lipinski definition) is 4. The first-order chi connectivity index (χ1) is 9.10. The third kappa shape index (κ3) is 4.67. The Kier molecular flexibility index (Phi) is 6.56. The van der Waals surface area contributed by atoms with Gasteiger partial charge in [-0.15, -0.1) is 0 Å². The van der Waals surface area contributed by atoms with Crippen LogP contribution >= 0.6 is 11.8 Å². The minimum atomic E-state index is -0.141. The molecule has 3 N–H and O–H groups in total. The fraction of sp³-hybridized carbons (Fsp3) is 0.500. The van der Waals surface area contributed by atoms with Crippen molar-refractivity contribution >= 4 is 23.4 Å². The first kappa shape index (κ1) is 15.7. The molecule has 1 amide bonds. The van der Waals surface area contributed by atoms with Crippen LogP contribution in [0.25, 0.3) is 0 Å². The SMILES string of the molecule is CCSCCC(C)NC(=O)c1cccc(N)c1OC. The number of rotatable bonds is 7. The molecule has 1 aromatic rings. The summed E-state index contributed by atoms with van der Waals surface area (Å²) in [6.45, 7) is 4.14. The molecule has 0 aromatic heterocycles. The van der Waals surface area contributed by atoms with Gasteiger partial charge in [-0.2, -0.15) is 11.8 Å². The summed E-state index contributed by atoms with van der Waals surface area (Å²) in [6, 6.07) is 5.33. The molecule has 0 fully saturated rings. The van der Waals surface area contributed by atoms with E-state index >= 15 is 0 Å². The van der Waals surface area contributed by atoms with Crippen molar-refractivity contribution in [1.82, 2.24) is 5.32 Å². The lowest BCUT2D eigenvalue weighted by Crippen LogP contribution is -2.33. The Hall–Kier alpha value is -1.36. The van der Waals surface area contributed by atoms with Gasteiger partial charge in [-0.05, 0) is 37.0 Å². The number of thioether (sulfide) groups is 1. The van der Waals surface area contributed by atoms with Gasteiger partial charge < -0.3 is 15.8 Å². The van der Waals surface area contributed by atoms with Crippen LogP contribution in [0.4, 0.5) is 5.69 Å². The Morgan fingerprint density at radius 2 is 2.26 bits per heavy atom. The van der Waals surface area contributed by atoms with Crippen molar-refractivity contribution in [3.8, 4) is 5.75 Å². The van der Waals surface area contributed by atoms with Crippen LogP contribution in [0.2, 0.25) is 0 Å². The minimum absolute atomic E-state index is 0.137. The van der Waals surface area contributed by atoms with E-state index in [-0.39, 0.29) is 11.9 Å². The number of nitrogen functional groups attached to an aromatic ring is 1. The van der Waals surface area contributed by atoms with E-state index in [1.54, 1.807) is 18.2 Å². The molecule has 0 bridgehead atoms. The predicted octanol–water partition coefficient (Wildman–Crippen LogP) is 2.54. The molecular weight excluding hydrogens is 260 g/mol. The van der Waals surface area contributed by atoms with Gasteiger partial charge in [-0.3, -0.25) is 4.79 Å². The number of carbonyl (C=O) groups is 1. The molecule has 1 rings (SSSR count). The Labute approximate surface area is 119 Å². The molecule has 4 nitrogen and oxygen atoms in total. The second kappa shape index (κ2) is 7.94. The molecule has 19 heavy (non-hydrogen) atoms. The van der Waals surface area contributed by atoms with Gasteiger partial charge in [0.15, 0.2) is 5.75 Å². The average molecular weight is 282 g/mol. The number of para-hydroxylation sites is 1. The fourth-order valence-electron chi connectivity index (χ4n) is 1.74. The molecule has 0 aliphatic carbocycles. The molecule has 0 saturated carbocycles. The Morgan fingerprint density at radius 1 is 1.53 bits per heavy atom. The molecule has 1 aromatic carbocycles. The predicted molar refractivity (Wildman–Crippen MR) is 82.0 cm³/mol. The largest absolute Gasteiger partial charge is 0.494 e. The normalized spacial score (nSPS) is 11.9. The number of anilines is 1. The summed E-state index contributed by atoms with van der Waals surface area (Å²) < 4.78 is 5.19. The highest BCUT2D eigenvalue weighted by Gasteiger charge is 2.16. The van der Waals surface area contributed by atoms with Crippen LogP contribution in [0.5, 0.6) is 5.75 Å². The maximum atomic E-state index is 12.2. The molecule has 0 aliphatic heterocycles. The van der Waals surface area contributed by atoms with Gasteiger partial charge >= 0.3 is 0 Å². The van der Waals surface area contributed by atoms with Crippen molar-refractivity contribution in [3.63, 3.8) is 0 Å². The molecule has 0 heterocycles. The van der Waals surface area contributed by atoms with E-state index < -0.39 is 0 Å². The van der Waals surface area contributed by atoms with E-state index in [1.165, 1.54) is 7.11 Å². The second-order valence-electron chi connectivity index (χ2n) is 4.29. The smallest absolute Gasteiger partial charge is 0.255 e. The molecule has 1 atom stereocenters. The van der Waals surface area contributed by atoms with Crippen molar-refractivity contribution in [1.29, 1.82) is 0 Å². The second-order valence-corrected chi connectivity index (χ2v) is 5.68. The lowest BCUT2D eigenvalue weighted by atomic mass is 10.1. The summed E-state index contributed by atoms with van der Waals surface area (Å²) in [7, 11) is 1.52. The topological polar surface area (TPSA) is 64.4 Å². The van der Waals surface area contributed by atoms with Crippen molar-refractivity contribution in [3.05, 3.63) is 23.8 Å². The third-order valence-corrected chi connectivity index (χ3v) is 3.70. The highest BCUT2D eigenvalue weighted by Crippen LogP contribution is 2.25. The number of nitrogens with two attached hydrogens (primary N) is 1. The van der Waals surface area contributed by atoms with Crippen LogP contribution in [0.15, 0.2) is 18.2 Å². The zero-order chi connectivity index (χ0) is 14.3. The van der Waals surface area contributed by atoms with Gasteiger partial charge in [0.1, 0.15) is 0 Å². The zero-order valence-electron chi connectivity index (χ0n) is 11.7. The zero-order valence-corrected chi connectivity index (χ0v) is 12.5. The molecule has 0 aliphatic rings. The monoisotopic (exact) mass is 282 g/mol. The molecule has 106 valence electrons. The van der Waals surface area contributed by atoms with Gasteiger partial charge in [-0.1, -0.05) is 13.0 Å². The summed E-state index contributed by atoms with van der Waals surface area (Å²) in [6.07, 6.45) is 0.953. The minimum Gasteiger partial charge on any atom is -0.494 e. The van der Waals surface area contributed by atoms with E-state index in [0.717, 1.165) is 17.9 Å². The van der Waals surface area contributed by atoms with Gasteiger partial charge in [0.05, 0.1) is 18.4 Å². The van der Waals surface area contributed by atoms with Crippen LogP contribution in [0.3, 0.4) is 0 Å². The average Bonchev–Trinajstić information content (AvgIpc) is 2.38. The Morgan fingerprint density at radius 3 is 2.89 bits per heavy atom. The molecule has 0 saturated heterocycles. The number of hydrogen-bond donors (Lipinski definition) is 2. The molecule has 1 unspecified atom stereocenters. The first-order valence-corrected chi connectivity index (χ1v) is 7.56. The van der Waals surface area contributed by atoms with Crippen molar-refractivity contribution in [2.45, 2.75) is 26.3 Å². The van der Waals surface area contributed by atoms with Crippen molar-refractivity contribution in [2.24, 2.45) is 0 Å². The summed E-state index contributed by atoms with van der Waals surface area (Å²) in [5, 5.41) is 2.97. The maximum Gasteiger partial charge on any atom is 0.255 e. The van der Waals surface area contributed by atoms with Crippen LogP contribution in [0, 0.1) is 0 Å². The van der Waals surface area contributed by atoms with E-state index in [0.29, 0.717) is 17.0 Å². The summed E-state index contributed by atoms with van der Waals surface area (Å²) in [5.41, 5.74) is 6.75. The maximum absolute atomic E-state index is 12.2. The number of carbonyl (C=O) groups excluding carboxylic acids is 1. The fourth-order valence-corrected chi connectivity index (χ4v) is 2.55. The van der Waals surface area contributed by atoms with Gasteiger partial charge in [0, 0.05) is 6.04 Å². The van der Waals surface area contributed by atoms with E-state index in [2.05, 4.69) is 12.2 Å². The van der Waals surface area contributed by atoms with Crippen LogP contribution < -0.4 is 15.8 Å². The number of amides is 1. The molecule has 0 spiro atoms. The lowest BCUT2D eigenvalue weighted by molar-refractivity contribution is 0.0936. The van der Waals surface area contributed by atoms with Crippen LogP contribution in [0.1, 0.15) is 30.6 Å². The van der Waals surface area contributed by atoms with Gasteiger partial charge in [0.25, 0.3) is 5.91 Å². The van der Waals surface area contributed by atoms with Crippen molar-refractivity contribution in [2.75, 3.05) is 24.3 Å². The number of methoxy groups -OCH3 is 1. The first-order valence-electron chi connectivity index (χ1n) is 6.41. The standard InChI is InChI=1S/C14H22N2O2S/c1-4-19-9-8-10(2)16-14(17)11-6-5-7-12(15)13(11)18-3/h5-7,10H,4,8-9,15H2,1-3H3,(H,16,17). The highest BCUT2D eigenvalue weighted by atomic mass is 32.2. The van der Waals surface area contributed by atoms with Gasteiger partial charge in [-0.25, -0.2) is 0 Å². The number of benzene rings is 1. The molecular formula is C14H22N2O2S. The van der Waals surface area contributed by atoms with Gasteiger partial charge in [0.2, 0.25) is 0 Å². The molecule has 5 heteroatoms. The van der Waals surface area contributed by atoms with Crippen LogP contribution in [-0.4, -0.2) is 30.6 Å². The lowest BCUT2D eigenvalue weighted by Gasteiger charge is -2.15. The number of nitrogens with one attached hydrogen (secondary N) is 1. The summed E-state index contributed by atoms with van der Waals surface area (Å²) in [4.78, 5) is 12.2. The Bertz CT molecular complexity index is 424. The quantitative estimate of drug-likeness (QED) is 0.596. The molecule has 0 radical (unpaired) electrons. The Balaban J connectivity index is 2.65. The number of ether oxygens (including phenoxy) is 1. The van der Waals surface area contributed by atoms with E-state index in [4.69, 9.17) is 10.5 Å². The van der Waals surface area contributed by atoms with E-state index in [9.17, 15) is 4.79 Å². The van der Waals surface area contributed by atoms with Crippen molar-refractivity contribution < 1.29 is 9.53 Å².